The van der Waals surface area contributed by atoms with Gasteiger partial charge in [0.1, 0.15) is 0 Å². The molecule has 1 aromatic rings. The zero-order chi connectivity index (χ0) is 12.2. The van der Waals surface area contributed by atoms with Crippen molar-refractivity contribution in [3.8, 4) is 0 Å². The number of nitrogens with two attached hydrogens (primary N) is 1. The lowest BCUT2D eigenvalue weighted by atomic mass is 10.1. The van der Waals surface area contributed by atoms with Gasteiger partial charge < -0.3 is 5.73 Å². The van der Waals surface area contributed by atoms with Gasteiger partial charge in [-0.1, -0.05) is 6.07 Å². The van der Waals surface area contributed by atoms with Gasteiger partial charge in [0.25, 0.3) is 11.8 Å². The fraction of sp³-hybridized carbons (Fsp3) is 0.250. The minimum atomic E-state index is -0.583. The molecule has 17 heavy (non-hydrogen) atoms. The Kier molecular flexibility index (Phi) is 1.86. The predicted octanol–water partition coefficient (Wildman–Crippen LogP) is 0.801. The molecule has 86 valence electrons. The highest BCUT2D eigenvalue weighted by atomic mass is 16.2. The van der Waals surface area contributed by atoms with Gasteiger partial charge in [0, 0.05) is 11.6 Å². The van der Waals surface area contributed by atoms with Crippen LogP contribution in [0.3, 0.4) is 0 Å². The molecule has 1 aromatic carbocycles. The van der Waals surface area contributed by atoms with Crippen LogP contribution in [0.4, 0.5) is 5.69 Å². The number of anilines is 1. The lowest BCUT2D eigenvalue weighted by molar-refractivity contribution is -0.127. The van der Waals surface area contributed by atoms with Crippen LogP contribution < -0.4 is 5.73 Å². The van der Waals surface area contributed by atoms with Gasteiger partial charge >= 0.3 is 0 Å². The van der Waals surface area contributed by atoms with Crippen LogP contribution in [-0.4, -0.2) is 22.6 Å². The molecule has 1 fully saturated rings. The lowest BCUT2D eigenvalue weighted by Crippen LogP contribution is -2.37. The molecule has 0 saturated heterocycles. The standard InChI is InChI=1S/C12H10N2O3/c13-8-3-1-2-7-9(8)12(17)14(11(7)16)10(15)6-4-5-6/h1-3,6H,4-5,13H2. The van der Waals surface area contributed by atoms with E-state index in [9.17, 15) is 14.4 Å². The molecule has 1 saturated carbocycles. The molecule has 1 aliphatic carbocycles. The van der Waals surface area contributed by atoms with E-state index in [2.05, 4.69) is 0 Å². The molecule has 5 nitrogen and oxygen atoms in total. The van der Waals surface area contributed by atoms with Crippen LogP contribution in [0, 0.1) is 5.92 Å². The topological polar surface area (TPSA) is 80.5 Å². The summed E-state index contributed by atoms with van der Waals surface area (Å²) in [6.45, 7) is 0. The second-order valence-corrected chi connectivity index (χ2v) is 4.33. The zero-order valence-electron chi connectivity index (χ0n) is 8.97. The van der Waals surface area contributed by atoms with Gasteiger partial charge in [-0.05, 0) is 25.0 Å². The van der Waals surface area contributed by atoms with Crippen LogP contribution in [0.1, 0.15) is 33.6 Å². The van der Waals surface area contributed by atoms with Crippen molar-refractivity contribution in [1.82, 2.24) is 4.90 Å². The zero-order valence-corrected chi connectivity index (χ0v) is 8.97. The smallest absolute Gasteiger partial charge is 0.270 e. The SMILES string of the molecule is Nc1cccc2c1C(=O)N(C(=O)C1CC1)C2=O. The van der Waals surface area contributed by atoms with Crippen molar-refractivity contribution >= 4 is 23.4 Å². The van der Waals surface area contributed by atoms with Crippen LogP contribution in [0.15, 0.2) is 18.2 Å². The van der Waals surface area contributed by atoms with E-state index in [-0.39, 0.29) is 22.7 Å². The second kappa shape index (κ2) is 3.16. The summed E-state index contributed by atoms with van der Waals surface area (Å²) in [6, 6.07) is 4.67. The Morgan fingerprint density at radius 2 is 1.94 bits per heavy atom. The van der Waals surface area contributed by atoms with Crippen molar-refractivity contribution in [1.29, 1.82) is 0 Å². The molecule has 2 aliphatic rings. The van der Waals surface area contributed by atoms with E-state index < -0.39 is 17.7 Å². The summed E-state index contributed by atoms with van der Waals surface area (Å²) in [4.78, 5) is 36.6. The number of amides is 3. The third-order valence-electron chi connectivity index (χ3n) is 3.09. The van der Waals surface area contributed by atoms with Crippen LogP contribution in [-0.2, 0) is 4.79 Å². The number of hydrogen-bond donors (Lipinski definition) is 1. The predicted molar refractivity (Wildman–Crippen MR) is 59.1 cm³/mol. The number of hydrogen-bond acceptors (Lipinski definition) is 4. The van der Waals surface area contributed by atoms with Gasteiger partial charge in [-0.25, -0.2) is 4.90 Å². The molecule has 3 amide bonds. The third-order valence-corrected chi connectivity index (χ3v) is 3.09. The van der Waals surface area contributed by atoms with E-state index >= 15 is 0 Å². The van der Waals surface area contributed by atoms with E-state index in [0.717, 1.165) is 17.7 Å². The van der Waals surface area contributed by atoms with Crippen LogP contribution in [0.5, 0.6) is 0 Å². The summed E-state index contributed by atoms with van der Waals surface area (Å²) < 4.78 is 0. The third kappa shape index (κ3) is 1.28. The normalized spacial score (nSPS) is 18.5. The number of nitrogens with zero attached hydrogens (tertiary/aromatic N) is 1. The maximum absolute atomic E-state index is 12.0. The highest BCUT2D eigenvalue weighted by Gasteiger charge is 2.45. The van der Waals surface area contributed by atoms with E-state index in [1.165, 1.54) is 6.07 Å². The molecular weight excluding hydrogens is 220 g/mol. The van der Waals surface area contributed by atoms with Gasteiger partial charge in [-0.15, -0.1) is 0 Å². The molecule has 0 aromatic heterocycles. The number of carbonyl (C=O) groups is 3. The molecule has 0 bridgehead atoms. The molecule has 2 N–H and O–H groups in total. The number of imide groups is 3. The van der Waals surface area contributed by atoms with Gasteiger partial charge in [-0.2, -0.15) is 0 Å². The number of nitrogen functional groups attached to an aromatic ring is 1. The van der Waals surface area contributed by atoms with Crippen LogP contribution in [0.2, 0.25) is 0 Å². The van der Waals surface area contributed by atoms with Crippen LogP contribution >= 0.6 is 0 Å². The second-order valence-electron chi connectivity index (χ2n) is 4.33. The molecule has 3 rings (SSSR count). The fourth-order valence-corrected chi connectivity index (χ4v) is 2.02. The number of benzene rings is 1. The lowest BCUT2D eigenvalue weighted by Gasteiger charge is -2.10. The first-order valence-corrected chi connectivity index (χ1v) is 5.42. The first-order valence-electron chi connectivity index (χ1n) is 5.42. The largest absolute Gasteiger partial charge is 0.398 e. The Balaban J connectivity index is 2.08. The highest BCUT2D eigenvalue weighted by Crippen LogP contribution is 2.35. The monoisotopic (exact) mass is 230 g/mol. The maximum atomic E-state index is 12.0. The van der Waals surface area contributed by atoms with Gasteiger partial charge in [-0.3, -0.25) is 14.4 Å². The maximum Gasteiger partial charge on any atom is 0.270 e. The van der Waals surface area contributed by atoms with E-state index in [1.807, 2.05) is 0 Å². The van der Waals surface area contributed by atoms with Crippen LogP contribution in [0.25, 0.3) is 0 Å². The minimum absolute atomic E-state index is 0.159. The summed E-state index contributed by atoms with van der Waals surface area (Å²) in [5, 5.41) is 0. The van der Waals surface area contributed by atoms with E-state index in [0.29, 0.717) is 0 Å². The Morgan fingerprint density at radius 3 is 2.53 bits per heavy atom. The van der Waals surface area contributed by atoms with Gasteiger partial charge in [0.2, 0.25) is 5.91 Å². The molecule has 0 unspecified atom stereocenters. The molecule has 1 heterocycles. The molecule has 5 heteroatoms. The van der Waals surface area contributed by atoms with Crippen molar-refractivity contribution in [3.05, 3.63) is 29.3 Å². The number of fused-ring (bicyclic) bond motifs is 1. The van der Waals surface area contributed by atoms with Crippen molar-refractivity contribution in [2.24, 2.45) is 5.92 Å². The number of rotatable bonds is 1. The Labute approximate surface area is 97.2 Å². The Bertz CT molecular complexity index is 561. The number of carbonyl (C=O) groups excluding carboxylic acids is 3. The summed E-state index contributed by atoms with van der Waals surface area (Å²) >= 11 is 0. The van der Waals surface area contributed by atoms with E-state index in [1.54, 1.807) is 12.1 Å². The van der Waals surface area contributed by atoms with Gasteiger partial charge in [0.05, 0.1) is 11.1 Å². The van der Waals surface area contributed by atoms with Crippen molar-refractivity contribution in [3.63, 3.8) is 0 Å². The molecule has 0 atom stereocenters. The average Bonchev–Trinajstić information content (AvgIpc) is 3.08. The molecular formula is C12H10N2O3. The van der Waals surface area contributed by atoms with E-state index in [4.69, 9.17) is 5.73 Å². The Morgan fingerprint density at radius 1 is 1.24 bits per heavy atom. The first kappa shape index (κ1) is 10.0. The van der Waals surface area contributed by atoms with Gasteiger partial charge in [0.15, 0.2) is 0 Å². The fourth-order valence-electron chi connectivity index (χ4n) is 2.02. The summed E-state index contributed by atoms with van der Waals surface area (Å²) in [6.07, 6.45) is 1.50. The molecule has 1 aliphatic heterocycles. The van der Waals surface area contributed by atoms with Crippen molar-refractivity contribution < 1.29 is 14.4 Å². The summed E-state index contributed by atoms with van der Waals surface area (Å²) in [5.74, 6) is -1.69. The van der Waals surface area contributed by atoms with Crippen molar-refractivity contribution in [2.75, 3.05) is 5.73 Å². The van der Waals surface area contributed by atoms with Crippen molar-refractivity contribution in [2.45, 2.75) is 12.8 Å². The summed E-state index contributed by atoms with van der Waals surface area (Å²) in [5.41, 5.74) is 6.29. The molecule has 0 spiro atoms. The Hall–Kier alpha value is -2.17. The first-order chi connectivity index (χ1) is 8.11. The highest BCUT2D eigenvalue weighted by molar-refractivity contribution is 6.30. The molecule has 0 radical (unpaired) electrons. The summed E-state index contributed by atoms with van der Waals surface area (Å²) in [7, 11) is 0. The average molecular weight is 230 g/mol. The minimum Gasteiger partial charge on any atom is -0.398 e. The quantitative estimate of drug-likeness (QED) is 0.571.